The van der Waals surface area contributed by atoms with Crippen LogP contribution in [0.2, 0.25) is 0 Å². The van der Waals surface area contributed by atoms with E-state index < -0.39 is 5.97 Å². The molecule has 2 aromatic carbocycles. The molecule has 0 aliphatic rings. The van der Waals surface area contributed by atoms with Crippen LogP contribution in [0.25, 0.3) is 10.8 Å². The lowest BCUT2D eigenvalue weighted by Crippen LogP contribution is -2.22. The Morgan fingerprint density at radius 1 is 1.13 bits per heavy atom. The molecule has 2 rings (SSSR count). The van der Waals surface area contributed by atoms with Crippen molar-refractivity contribution in [2.45, 2.75) is 0 Å². The molecule has 2 aromatic rings. The van der Waals surface area contributed by atoms with Crippen molar-refractivity contribution in [2.24, 2.45) is 0 Å². The van der Waals surface area contributed by atoms with E-state index in [0.717, 1.165) is 0 Å². The quantitative estimate of drug-likeness (QED) is 0.685. The van der Waals surface area contributed by atoms with Crippen molar-refractivity contribution in [3.05, 3.63) is 47.5 Å². The number of rotatable bonds is 1. The van der Waals surface area contributed by atoms with Gasteiger partial charge in [-0.3, -0.25) is 0 Å². The van der Waals surface area contributed by atoms with E-state index in [1.807, 2.05) is 6.07 Å². The number of benzene rings is 2. The summed E-state index contributed by atoms with van der Waals surface area (Å²) < 4.78 is 0. The Bertz CT molecular complexity index is 582. The van der Waals surface area contributed by atoms with Gasteiger partial charge < -0.3 is 9.90 Å². The number of carboxylic acids is 1. The lowest BCUT2D eigenvalue weighted by atomic mass is 10.0. The molecule has 0 saturated heterocycles. The highest BCUT2D eigenvalue weighted by Gasteiger charge is 2.05. The van der Waals surface area contributed by atoms with Gasteiger partial charge in [-0.1, -0.05) is 30.3 Å². The molecule has 0 aliphatic heterocycles. The Labute approximate surface area is 86.2 Å². The van der Waals surface area contributed by atoms with Gasteiger partial charge in [0.25, 0.3) is 0 Å². The third-order valence-corrected chi connectivity index (χ3v) is 2.26. The van der Waals surface area contributed by atoms with Crippen LogP contribution in [0.4, 0.5) is 0 Å². The summed E-state index contributed by atoms with van der Waals surface area (Å²) in [6.45, 7) is 0. The maximum absolute atomic E-state index is 10.8. The van der Waals surface area contributed by atoms with Crippen LogP contribution in [-0.4, -0.2) is 5.97 Å². The fraction of sp³-hybridized carbons (Fsp3) is 0. The fourth-order valence-electron chi connectivity index (χ4n) is 1.57. The van der Waals surface area contributed by atoms with Gasteiger partial charge in [-0.25, -0.2) is 0 Å². The lowest BCUT2D eigenvalue weighted by Gasteiger charge is -2.07. The molecule has 0 amide bonds. The van der Waals surface area contributed by atoms with Gasteiger partial charge in [0.05, 0.1) is 17.6 Å². The van der Waals surface area contributed by atoms with Gasteiger partial charge in [-0.05, 0) is 11.5 Å². The fourth-order valence-corrected chi connectivity index (χ4v) is 1.57. The Morgan fingerprint density at radius 3 is 2.40 bits per heavy atom. The lowest BCUT2D eigenvalue weighted by molar-refractivity contribution is -0.254. The van der Waals surface area contributed by atoms with Gasteiger partial charge in [0.2, 0.25) is 0 Å². The summed E-state index contributed by atoms with van der Waals surface area (Å²) in [4.78, 5) is 10.8. The molecule has 0 fully saturated rings. The average Bonchev–Trinajstić information content (AvgIpc) is 2.27. The van der Waals surface area contributed by atoms with Crippen molar-refractivity contribution >= 4 is 16.7 Å². The zero-order valence-corrected chi connectivity index (χ0v) is 7.73. The van der Waals surface area contributed by atoms with Crippen molar-refractivity contribution in [1.82, 2.24) is 0 Å². The minimum absolute atomic E-state index is 0.115. The van der Waals surface area contributed by atoms with Crippen molar-refractivity contribution in [2.75, 3.05) is 0 Å². The summed E-state index contributed by atoms with van der Waals surface area (Å²) in [5.74, 6) is -1.23. The number of carboxylic acid groups (broad SMARTS) is 1. The van der Waals surface area contributed by atoms with E-state index in [1.165, 1.54) is 12.1 Å². The van der Waals surface area contributed by atoms with Gasteiger partial charge in [0.1, 0.15) is 0 Å². The van der Waals surface area contributed by atoms with Gasteiger partial charge in [-0.2, -0.15) is 5.26 Å². The molecule has 0 aliphatic carbocycles. The first-order valence-electron chi connectivity index (χ1n) is 4.37. The molecule has 0 atom stereocenters. The van der Waals surface area contributed by atoms with Crippen LogP contribution in [0, 0.1) is 11.3 Å². The molecule has 0 heterocycles. The smallest absolute Gasteiger partial charge is 0.0998 e. The normalized spacial score (nSPS) is 9.80. The van der Waals surface area contributed by atoms with E-state index in [4.69, 9.17) is 5.26 Å². The SMILES string of the molecule is N#Cc1ccc(C(=O)[O-])c2ccccc12. The van der Waals surface area contributed by atoms with Crippen molar-refractivity contribution in [1.29, 1.82) is 5.26 Å². The van der Waals surface area contributed by atoms with Crippen LogP contribution in [0.5, 0.6) is 0 Å². The first kappa shape index (κ1) is 9.22. The Morgan fingerprint density at radius 2 is 1.80 bits per heavy atom. The summed E-state index contributed by atoms with van der Waals surface area (Å²) in [6, 6.07) is 11.8. The van der Waals surface area contributed by atoms with Crippen molar-refractivity contribution < 1.29 is 9.90 Å². The number of aromatic carboxylic acids is 1. The molecular formula is C12H6NO2-. The largest absolute Gasteiger partial charge is 0.545 e. The minimum Gasteiger partial charge on any atom is -0.545 e. The summed E-state index contributed by atoms with van der Waals surface area (Å²) in [6.07, 6.45) is 0. The second-order valence-corrected chi connectivity index (χ2v) is 3.11. The van der Waals surface area contributed by atoms with Gasteiger partial charge in [0, 0.05) is 10.9 Å². The van der Waals surface area contributed by atoms with E-state index in [0.29, 0.717) is 16.3 Å². The topological polar surface area (TPSA) is 63.9 Å². The maximum Gasteiger partial charge on any atom is 0.0998 e. The zero-order valence-electron chi connectivity index (χ0n) is 7.73. The maximum atomic E-state index is 10.8. The summed E-state index contributed by atoms with van der Waals surface area (Å²) >= 11 is 0. The van der Waals surface area contributed by atoms with E-state index >= 15 is 0 Å². The van der Waals surface area contributed by atoms with Crippen molar-refractivity contribution in [3.63, 3.8) is 0 Å². The third-order valence-electron chi connectivity index (χ3n) is 2.26. The van der Waals surface area contributed by atoms with Crippen LogP contribution in [0.15, 0.2) is 36.4 Å². The Hall–Kier alpha value is -2.34. The molecule has 0 radical (unpaired) electrons. The van der Waals surface area contributed by atoms with Crippen LogP contribution in [0.3, 0.4) is 0 Å². The van der Waals surface area contributed by atoms with Gasteiger partial charge in [0.15, 0.2) is 0 Å². The highest BCUT2D eigenvalue weighted by molar-refractivity contribution is 6.04. The number of fused-ring (bicyclic) bond motifs is 1. The molecule has 15 heavy (non-hydrogen) atoms. The summed E-state index contributed by atoms with van der Waals surface area (Å²) in [7, 11) is 0. The van der Waals surface area contributed by atoms with E-state index in [1.54, 1.807) is 24.3 Å². The number of carbonyl (C=O) groups is 1. The highest BCUT2D eigenvalue weighted by Crippen LogP contribution is 2.21. The predicted molar refractivity (Wildman–Crippen MR) is 53.0 cm³/mol. The molecule has 0 bridgehead atoms. The molecule has 0 saturated carbocycles. The minimum atomic E-state index is -1.23. The summed E-state index contributed by atoms with van der Waals surface area (Å²) in [5.41, 5.74) is 0.584. The highest BCUT2D eigenvalue weighted by atomic mass is 16.4. The van der Waals surface area contributed by atoms with Crippen LogP contribution >= 0.6 is 0 Å². The van der Waals surface area contributed by atoms with Gasteiger partial charge >= 0.3 is 0 Å². The molecule has 0 N–H and O–H groups in total. The number of nitrogens with zero attached hydrogens (tertiary/aromatic N) is 1. The molecular weight excluding hydrogens is 190 g/mol. The van der Waals surface area contributed by atoms with Crippen molar-refractivity contribution in [3.8, 4) is 6.07 Å². The van der Waals surface area contributed by atoms with E-state index in [-0.39, 0.29) is 5.56 Å². The van der Waals surface area contributed by atoms with E-state index in [9.17, 15) is 9.90 Å². The number of carbonyl (C=O) groups excluding carboxylic acids is 1. The first-order chi connectivity index (χ1) is 7.24. The summed E-state index contributed by atoms with van der Waals surface area (Å²) in [5, 5.41) is 20.9. The van der Waals surface area contributed by atoms with Crippen LogP contribution < -0.4 is 5.11 Å². The average molecular weight is 196 g/mol. The number of hydrogen-bond donors (Lipinski definition) is 0. The number of hydrogen-bond acceptors (Lipinski definition) is 3. The zero-order chi connectivity index (χ0) is 10.8. The molecule has 0 aromatic heterocycles. The third kappa shape index (κ3) is 1.42. The standard InChI is InChI=1S/C12H7NO2/c13-7-8-5-6-11(12(14)15)10-4-2-1-3-9(8)10/h1-6H,(H,14,15)/p-1. The van der Waals surface area contributed by atoms with Crippen LogP contribution in [0.1, 0.15) is 15.9 Å². The predicted octanol–water partition coefficient (Wildman–Crippen LogP) is 1.07. The van der Waals surface area contributed by atoms with Gasteiger partial charge in [-0.15, -0.1) is 0 Å². The monoisotopic (exact) mass is 196 g/mol. The molecule has 0 unspecified atom stereocenters. The van der Waals surface area contributed by atoms with Crippen LogP contribution in [-0.2, 0) is 0 Å². The molecule has 3 heteroatoms. The second kappa shape index (κ2) is 3.43. The Balaban J connectivity index is 2.91. The Kier molecular flexibility index (Phi) is 2.11. The second-order valence-electron chi connectivity index (χ2n) is 3.11. The molecule has 72 valence electrons. The number of nitriles is 1. The molecule has 3 nitrogen and oxygen atoms in total. The molecule has 0 spiro atoms. The van der Waals surface area contributed by atoms with E-state index in [2.05, 4.69) is 0 Å². The first-order valence-corrected chi connectivity index (χ1v) is 4.37.